The van der Waals surface area contributed by atoms with Gasteiger partial charge in [-0.1, -0.05) is 54.6 Å². The van der Waals surface area contributed by atoms with Gasteiger partial charge in [0.25, 0.3) is 11.8 Å². The van der Waals surface area contributed by atoms with Gasteiger partial charge in [0.1, 0.15) is 5.75 Å². The first-order chi connectivity index (χ1) is 19.0. The van der Waals surface area contributed by atoms with Crippen molar-refractivity contribution in [3.63, 3.8) is 0 Å². The molecule has 42 heavy (non-hydrogen) atoms. The molecule has 2 aromatic heterocycles. The zero-order valence-corrected chi connectivity index (χ0v) is 29.2. The molecule has 3 heterocycles. The number of benzene rings is 1. The van der Waals surface area contributed by atoms with Crippen molar-refractivity contribution >= 4 is 60.8 Å². The third-order valence-corrected chi connectivity index (χ3v) is 19.3. The number of pyridine rings is 1. The lowest BCUT2D eigenvalue weighted by atomic mass is 10.00. The Bertz CT molecular complexity index is 1610. The minimum absolute atomic E-state index is 0.0682. The molecule has 1 aliphatic heterocycles. The van der Waals surface area contributed by atoms with E-state index in [9.17, 15) is 22.8 Å². The third-order valence-electron chi connectivity index (χ3n) is 8.97. The van der Waals surface area contributed by atoms with Crippen LogP contribution in [-0.2, 0) is 15.8 Å². The summed E-state index contributed by atoms with van der Waals surface area (Å²) in [5.74, 6) is -0.254. The second-order valence-corrected chi connectivity index (χ2v) is 24.4. The van der Waals surface area contributed by atoms with Gasteiger partial charge in [-0.2, -0.15) is 13.2 Å². The topological polar surface area (TPSA) is 75.3 Å². The number of hydrogen-bond donors (Lipinski definition) is 1. The molecule has 4 rings (SSSR count). The fourth-order valence-corrected chi connectivity index (χ4v) is 8.05. The maximum absolute atomic E-state index is 14.2. The van der Waals surface area contributed by atoms with Crippen LogP contribution in [-0.4, -0.2) is 42.9 Å². The van der Waals surface area contributed by atoms with Crippen LogP contribution in [0.3, 0.4) is 0 Å². The van der Waals surface area contributed by atoms with Crippen molar-refractivity contribution in [2.24, 2.45) is 0 Å². The SMILES string of the molecule is CC(C)(C)[Si](C)(C)Oc1ccc2[nH]c(-c3ccc(C(F)(F)F)cn3)c(C3=C(Br)C(=O)N([Si](C)(C)C(C)(C)C)C3=O)c2c1. The third kappa shape index (κ3) is 5.41. The second-order valence-electron chi connectivity index (χ2n) is 13.8. The Kier molecular flexibility index (Phi) is 7.82. The van der Waals surface area contributed by atoms with Gasteiger partial charge >= 0.3 is 6.18 Å². The fourth-order valence-electron chi connectivity index (χ4n) is 4.41. The number of H-pyrrole nitrogens is 1. The van der Waals surface area contributed by atoms with Crippen molar-refractivity contribution in [3.8, 4) is 17.1 Å². The van der Waals surface area contributed by atoms with E-state index in [0.29, 0.717) is 27.9 Å². The first-order valence-corrected chi connectivity index (χ1v) is 20.3. The largest absolute Gasteiger partial charge is 0.543 e. The molecule has 0 spiro atoms. The number of halogens is 4. The predicted octanol–water partition coefficient (Wildman–Crippen LogP) is 9.11. The number of imide groups is 1. The highest BCUT2D eigenvalue weighted by Crippen LogP contribution is 2.48. The number of nitrogens with one attached hydrogen (secondary N) is 1. The number of hydrogen-bond acceptors (Lipinski definition) is 4. The molecule has 0 unspecified atom stereocenters. The quantitative estimate of drug-likeness (QED) is 0.216. The Morgan fingerprint density at radius 3 is 2.02 bits per heavy atom. The van der Waals surface area contributed by atoms with Crippen LogP contribution < -0.4 is 4.43 Å². The summed E-state index contributed by atoms with van der Waals surface area (Å²) < 4.78 is 48.0. The molecule has 0 aliphatic carbocycles. The van der Waals surface area contributed by atoms with Crippen LogP contribution in [0.15, 0.2) is 41.0 Å². The van der Waals surface area contributed by atoms with Crippen LogP contribution in [0, 0.1) is 0 Å². The summed E-state index contributed by atoms with van der Waals surface area (Å²) in [7, 11) is -4.89. The first kappa shape index (κ1) is 32.2. The molecular weight excluding hydrogens is 643 g/mol. The molecule has 0 saturated carbocycles. The first-order valence-electron chi connectivity index (χ1n) is 13.7. The molecule has 3 aromatic rings. The van der Waals surface area contributed by atoms with Crippen LogP contribution >= 0.6 is 15.9 Å². The van der Waals surface area contributed by atoms with E-state index < -0.39 is 40.1 Å². The molecule has 0 atom stereocenters. The minimum atomic E-state index is -4.55. The Morgan fingerprint density at radius 2 is 1.52 bits per heavy atom. The van der Waals surface area contributed by atoms with E-state index in [1.165, 1.54) is 10.6 Å². The summed E-state index contributed by atoms with van der Waals surface area (Å²) in [5, 5.41) is 0.220. The van der Waals surface area contributed by atoms with E-state index in [1.807, 2.05) is 52.1 Å². The molecule has 1 aromatic carbocycles. The zero-order chi connectivity index (χ0) is 31.8. The number of aromatic nitrogens is 2. The molecule has 0 bridgehead atoms. The summed E-state index contributed by atoms with van der Waals surface area (Å²) in [4.78, 5) is 35.3. The number of alkyl halides is 3. The van der Waals surface area contributed by atoms with Gasteiger partial charge < -0.3 is 14.0 Å². The van der Waals surface area contributed by atoms with Crippen molar-refractivity contribution in [1.82, 2.24) is 14.5 Å². The van der Waals surface area contributed by atoms with Gasteiger partial charge in [-0.05, 0) is 69.4 Å². The molecule has 2 amide bonds. The molecule has 1 N–H and O–H groups in total. The predicted molar refractivity (Wildman–Crippen MR) is 169 cm³/mol. The van der Waals surface area contributed by atoms with Gasteiger partial charge in [0.15, 0.2) is 8.24 Å². The standard InChI is InChI=1S/C30H37BrF3N3O3Si2/c1-28(2,3)41(7,8)37-26(38)23(24(31)27(37)39)22-19-15-18(40-42(9,10)29(4,5)6)12-14-20(19)36-25(22)21-13-11-17(16-35-21)30(32,33)34/h11-16,36H,1-10H3. The number of nitrogens with zero attached hydrogens (tertiary/aromatic N) is 2. The summed E-state index contributed by atoms with van der Waals surface area (Å²) >= 11 is 3.44. The normalized spacial score (nSPS) is 15.8. The van der Waals surface area contributed by atoms with E-state index in [4.69, 9.17) is 4.43 Å². The van der Waals surface area contributed by atoms with Crippen LogP contribution in [0.5, 0.6) is 5.75 Å². The number of fused-ring (bicyclic) bond motifs is 1. The van der Waals surface area contributed by atoms with Gasteiger partial charge in [-0.25, -0.2) is 0 Å². The maximum Gasteiger partial charge on any atom is 0.417 e. The van der Waals surface area contributed by atoms with Crippen molar-refractivity contribution in [2.45, 2.75) is 84.0 Å². The van der Waals surface area contributed by atoms with Gasteiger partial charge in [-0.15, -0.1) is 0 Å². The van der Waals surface area contributed by atoms with Gasteiger partial charge in [0, 0.05) is 22.7 Å². The zero-order valence-electron chi connectivity index (χ0n) is 25.6. The monoisotopic (exact) mass is 679 g/mol. The Hall–Kier alpha value is -2.71. The highest BCUT2D eigenvalue weighted by Gasteiger charge is 2.52. The highest BCUT2D eigenvalue weighted by molar-refractivity contribution is 9.12. The van der Waals surface area contributed by atoms with Crippen molar-refractivity contribution in [2.75, 3.05) is 0 Å². The van der Waals surface area contributed by atoms with Crippen LogP contribution in [0.4, 0.5) is 13.2 Å². The van der Waals surface area contributed by atoms with Crippen LogP contribution in [0.25, 0.3) is 27.9 Å². The lowest BCUT2D eigenvalue weighted by Crippen LogP contribution is -2.57. The van der Waals surface area contributed by atoms with Crippen molar-refractivity contribution in [1.29, 1.82) is 0 Å². The summed E-state index contributed by atoms with van der Waals surface area (Å²) in [5.41, 5.74) is 0.837. The molecule has 1 aliphatic rings. The molecule has 0 radical (unpaired) electrons. The Labute approximate surface area is 255 Å². The van der Waals surface area contributed by atoms with Gasteiger partial charge in [0.05, 0.1) is 27.0 Å². The average molecular weight is 681 g/mol. The van der Waals surface area contributed by atoms with Gasteiger partial charge in [-0.3, -0.25) is 14.6 Å². The lowest BCUT2D eigenvalue weighted by molar-refractivity contribution is -0.138. The summed E-state index contributed by atoms with van der Waals surface area (Å²) in [6.07, 6.45) is -3.78. The van der Waals surface area contributed by atoms with E-state index in [2.05, 4.69) is 59.8 Å². The van der Waals surface area contributed by atoms with E-state index in [0.717, 1.165) is 12.3 Å². The van der Waals surface area contributed by atoms with Crippen molar-refractivity contribution in [3.05, 3.63) is 52.1 Å². The summed E-state index contributed by atoms with van der Waals surface area (Å²) in [6, 6.07) is 7.70. The average Bonchev–Trinajstić information content (AvgIpc) is 3.30. The minimum Gasteiger partial charge on any atom is -0.543 e. The van der Waals surface area contributed by atoms with Crippen molar-refractivity contribution < 1.29 is 27.2 Å². The van der Waals surface area contributed by atoms with Crippen LogP contribution in [0.1, 0.15) is 52.7 Å². The number of carbonyl (C=O) groups excluding carboxylic acids is 2. The number of rotatable bonds is 5. The second kappa shape index (κ2) is 10.2. The number of aromatic amines is 1. The molecule has 12 heteroatoms. The molecule has 6 nitrogen and oxygen atoms in total. The Morgan fingerprint density at radius 1 is 0.905 bits per heavy atom. The summed E-state index contributed by atoms with van der Waals surface area (Å²) in [6.45, 7) is 20.6. The van der Waals surface area contributed by atoms with Crippen LogP contribution in [0.2, 0.25) is 36.3 Å². The smallest absolute Gasteiger partial charge is 0.417 e. The maximum atomic E-state index is 14.2. The Balaban J connectivity index is 1.98. The number of carbonyl (C=O) groups is 2. The molecule has 226 valence electrons. The van der Waals surface area contributed by atoms with E-state index >= 15 is 0 Å². The highest BCUT2D eigenvalue weighted by atomic mass is 79.9. The van der Waals surface area contributed by atoms with E-state index in [1.54, 1.807) is 0 Å². The van der Waals surface area contributed by atoms with Gasteiger partial charge in [0.2, 0.25) is 8.32 Å². The molecule has 0 saturated heterocycles. The number of amides is 2. The lowest BCUT2D eigenvalue weighted by Gasteiger charge is -2.42. The van der Waals surface area contributed by atoms with E-state index in [-0.39, 0.29) is 25.8 Å². The molecule has 0 fully saturated rings. The fraction of sp³-hybridized carbons (Fsp3) is 0.433. The molecular formula is C30H37BrF3N3O3Si2.